The standard InChI is InChI=1S/C24H24FN3O2S/c25-20-7-3-2-6-19(20)14-22(29)26-15-17-8-10-18(11-9-17)23-27-21(16-31-23)24(30)28-12-4-1-5-13-28/h2-3,6-11,16H,1,4-5,12-15H2,(H,26,29). The summed E-state index contributed by atoms with van der Waals surface area (Å²) in [6.45, 7) is 1.98. The maximum absolute atomic E-state index is 13.7. The first-order valence-corrected chi connectivity index (χ1v) is 11.3. The van der Waals surface area contributed by atoms with Gasteiger partial charge < -0.3 is 10.2 Å². The summed E-state index contributed by atoms with van der Waals surface area (Å²) in [5.74, 6) is -0.588. The Labute approximate surface area is 184 Å². The van der Waals surface area contributed by atoms with Crippen LogP contribution in [0.25, 0.3) is 10.6 Å². The minimum absolute atomic E-state index is 0.0105. The van der Waals surface area contributed by atoms with Gasteiger partial charge in [-0.2, -0.15) is 0 Å². The fraction of sp³-hybridized carbons (Fsp3) is 0.292. The van der Waals surface area contributed by atoms with Crippen LogP contribution in [-0.4, -0.2) is 34.8 Å². The second kappa shape index (κ2) is 9.83. The highest BCUT2D eigenvalue weighted by molar-refractivity contribution is 7.13. The molecule has 0 atom stereocenters. The molecular formula is C24H24FN3O2S. The number of piperidine rings is 1. The van der Waals surface area contributed by atoms with Crippen LogP contribution < -0.4 is 5.32 Å². The van der Waals surface area contributed by atoms with E-state index in [0.717, 1.165) is 42.1 Å². The van der Waals surface area contributed by atoms with Gasteiger partial charge >= 0.3 is 0 Å². The van der Waals surface area contributed by atoms with Crippen molar-refractivity contribution in [1.82, 2.24) is 15.2 Å². The summed E-state index contributed by atoms with van der Waals surface area (Å²) < 4.78 is 13.7. The van der Waals surface area contributed by atoms with Gasteiger partial charge in [0.1, 0.15) is 16.5 Å². The van der Waals surface area contributed by atoms with Gasteiger partial charge in [-0.3, -0.25) is 9.59 Å². The first-order valence-electron chi connectivity index (χ1n) is 10.4. The van der Waals surface area contributed by atoms with Gasteiger partial charge in [-0.1, -0.05) is 42.5 Å². The van der Waals surface area contributed by atoms with Crippen LogP contribution in [0.15, 0.2) is 53.9 Å². The van der Waals surface area contributed by atoms with E-state index in [1.807, 2.05) is 34.5 Å². The Hall–Kier alpha value is -3.06. The normalized spacial score (nSPS) is 13.8. The number of carbonyl (C=O) groups excluding carboxylic acids is 2. The minimum atomic E-state index is -0.372. The van der Waals surface area contributed by atoms with Gasteiger partial charge in [0.15, 0.2) is 0 Å². The number of aromatic nitrogens is 1. The molecule has 160 valence electrons. The van der Waals surface area contributed by atoms with Crippen LogP contribution in [0, 0.1) is 5.82 Å². The lowest BCUT2D eigenvalue weighted by molar-refractivity contribution is -0.120. The van der Waals surface area contributed by atoms with Crippen molar-refractivity contribution in [3.63, 3.8) is 0 Å². The number of rotatable bonds is 6. The van der Waals surface area contributed by atoms with Crippen LogP contribution in [0.3, 0.4) is 0 Å². The number of halogens is 1. The number of nitrogens with one attached hydrogen (secondary N) is 1. The fourth-order valence-corrected chi connectivity index (χ4v) is 4.41. The Bertz CT molecular complexity index is 1060. The van der Waals surface area contributed by atoms with E-state index in [1.165, 1.54) is 23.8 Å². The van der Waals surface area contributed by atoms with E-state index in [-0.39, 0.29) is 24.1 Å². The van der Waals surface area contributed by atoms with E-state index in [0.29, 0.717) is 17.8 Å². The fourth-order valence-electron chi connectivity index (χ4n) is 3.61. The van der Waals surface area contributed by atoms with Crippen molar-refractivity contribution < 1.29 is 14.0 Å². The Balaban J connectivity index is 1.33. The molecule has 4 rings (SSSR count). The van der Waals surface area contributed by atoms with E-state index in [2.05, 4.69) is 10.3 Å². The lowest BCUT2D eigenvalue weighted by atomic mass is 10.1. The van der Waals surface area contributed by atoms with Crippen molar-refractivity contribution in [3.05, 3.63) is 76.5 Å². The molecular weight excluding hydrogens is 413 g/mol. The SMILES string of the molecule is O=C(Cc1ccccc1F)NCc1ccc(-c2nc(C(=O)N3CCCCC3)cs2)cc1. The zero-order valence-electron chi connectivity index (χ0n) is 17.1. The highest BCUT2D eigenvalue weighted by Crippen LogP contribution is 2.25. The first-order chi connectivity index (χ1) is 15.1. The third-order valence-electron chi connectivity index (χ3n) is 5.37. The zero-order valence-corrected chi connectivity index (χ0v) is 18.0. The summed E-state index contributed by atoms with van der Waals surface area (Å²) in [6, 6.07) is 14.0. The lowest BCUT2D eigenvalue weighted by Gasteiger charge is -2.25. The van der Waals surface area contributed by atoms with Crippen molar-refractivity contribution in [2.45, 2.75) is 32.2 Å². The summed E-state index contributed by atoms with van der Waals surface area (Å²) in [6.07, 6.45) is 3.31. The van der Waals surface area contributed by atoms with Crippen LogP contribution in [0.4, 0.5) is 4.39 Å². The predicted molar refractivity (Wildman–Crippen MR) is 119 cm³/mol. The van der Waals surface area contributed by atoms with Gasteiger partial charge in [-0.15, -0.1) is 11.3 Å². The van der Waals surface area contributed by atoms with Gasteiger partial charge in [-0.05, 0) is 36.5 Å². The molecule has 1 aliphatic heterocycles. The van der Waals surface area contributed by atoms with Crippen LogP contribution in [0.5, 0.6) is 0 Å². The van der Waals surface area contributed by atoms with E-state index >= 15 is 0 Å². The molecule has 5 nitrogen and oxygen atoms in total. The monoisotopic (exact) mass is 437 g/mol. The molecule has 1 saturated heterocycles. The molecule has 2 aromatic carbocycles. The third-order valence-corrected chi connectivity index (χ3v) is 6.26. The predicted octanol–water partition coefficient (Wildman–Crippen LogP) is 4.43. The minimum Gasteiger partial charge on any atom is -0.352 e. The molecule has 1 aromatic heterocycles. The Morgan fingerprint density at radius 2 is 1.77 bits per heavy atom. The Morgan fingerprint density at radius 1 is 1.03 bits per heavy atom. The number of hydrogen-bond donors (Lipinski definition) is 1. The van der Waals surface area contributed by atoms with Crippen molar-refractivity contribution in [3.8, 4) is 10.6 Å². The number of likely N-dealkylation sites (tertiary alicyclic amines) is 1. The van der Waals surface area contributed by atoms with Crippen LogP contribution >= 0.6 is 11.3 Å². The molecule has 0 unspecified atom stereocenters. The molecule has 0 radical (unpaired) electrons. The summed E-state index contributed by atoms with van der Waals surface area (Å²) in [5.41, 5.74) is 2.76. The van der Waals surface area contributed by atoms with Gasteiger partial charge in [0.25, 0.3) is 5.91 Å². The molecule has 1 N–H and O–H groups in total. The van der Waals surface area contributed by atoms with Crippen LogP contribution in [0.1, 0.15) is 40.9 Å². The second-order valence-electron chi connectivity index (χ2n) is 7.63. The molecule has 7 heteroatoms. The number of benzene rings is 2. The molecule has 0 bridgehead atoms. The van der Waals surface area contributed by atoms with Gasteiger partial charge in [0.05, 0.1) is 6.42 Å². The van der Waals surface area contributed by atoms with E-state index in [1.54, 1.807) is 18.2 Å². The molecule has 1 aliphatic rings. The quantitative estimate of drug-likeness (QED) is 0.620. The van der Waals surface area contributed by atoms with Gasteiger partial charge in [0.2, 0.25) is 5.91 Å². The molecule has 2 amide bonds. The lowest BCUT2D eigenvalue weighted by Crippen LogP contribution is -2.35. The summed E-state index contributed by atoms with van der Waals surface area (Å²) in [4.78, 5) is 31.1. The Kier molecular flexibility index (Phi) is 6.72. The topological polar surface area (TPSA) is 62.3 Å². The van der Waals surface area contributed by atoms with E-state index in [4.69, 9.17) is 0 Å². The molecule has 0 saturated carbocycles. The molecule has 3 aromatic rings. The highest BCUT2D eigenvalue weighted by atomic mass is 32.1. The van der Waals surface area contributed by atoms with Crippen molar-refractivity contribution >= 4 is 23.2 Å². The Morgan fingerprint density at radius 3 is 2.52 bits per heavy atom. The number of nitrogens with zero attached hydrogens (tertiary/aromatic N) is 2. The third kappa shape index (κ3) is 5.35. The largest absolute Gasteiger partial charge is 0.352 e. The van der Waals surface area contributed by atoms with Crippen molar-refractivity contribution in [2.24, 2.45) is 0 Å². The molecule has 2 heterocycles. The van der Waals surface area contributed by atoms with E-state index in [9.17, 15) is 14.0 Å². The number of hydrogen-bond acceptors (Lipinski definition) is 4. The maximum Gasteiger partial charge on any atom is 0.273 e. The summed E-state index contributed by atoms with van der Waals surface area (Å²) in [5, 5.41) is 5.44. The smallest absolute Gasteiger partial charge is 0.273 e. The average molecular weight is 438 g/mol. The number of thiazole rings is 1. The van der Waals surface area contributed by atoms with Gasteiger partial charge in [-0.25, -0.2) is 9.37 Å². The van der Waals surface area contributed by atoms with Gasteiger partial charge in [0, 0.05) is 30.6 Å². The number of carbonyl (C=O) groups is 2. The second-order valence-corrected chi connectivity index (χ2v) is 8.49. The zero-order chi connectivity index (χ0) is 21.6. The van der Waals surface area contributed by atoms with Crippen molar-refractivity contribution in [2.75, 3.05) is 13.1 Å². The highest BCUT2D eigenvalue weighted by Gasteiger charge is 2.20. The molecule has 0 aliphatic carbocycles. The molecule has 31 heavy (non-hydrogen) atoms. The van der Waals surface area contributed by atoms with Crippen molar-refractivity contribution in [1.29, 1.82) is 0 Å². The summed E-state index contributed by atoms with van der Waals surface area (Å²) >= 11 is 1.46. The number of amides is 2. The molecule has 0 spiro atoms. The molecule has 1 fully saturated rings. The van der Waals surface area contributed by atoms with Crippen LogP contribution in [-0.2, 0) is 17.8 Å². The maximum atomic E-state index is 13.7. The van der Waals surface area contributed by atoms with Crippen LogP contribution in [0.2, 0.25) is 0 Å². The first kappa shape index (κ1) is 21.2. The summed E-state index contributed by atoms with van der Waals surface area (Å²) in [7, 11) is 0. The van der Waals surface area contributed by atoms with E-state index < -0.39 is 0 Å². The average Bonchev–Trinajstić information content (AvgIpc) is 3.30.